The van der Waals surface area contributed by atoms with E-state index >= 15 is 0 Å². The van der Waals surface area contributed by atoms with E-state index < -0.39 is 0 Å². The average Bonchev–Trinajstić information content (AvgIpc) is 3.41. The highest BCUT2D eigenvalue weighted by Gasteiger charge is 2.28. The van der Waals surface area contributed by atoms with Gasteiger partial charge >= 0.3 is 0 Å². The Balaban J connectivity index is 1.31. The van der Waals surface area contributed by atoms with Crippen LogP contribution < -0.4 is 9.80 Å². The number of hydrogen-bond donors (Lipinski definition) is 0. The number of benzene rings is 1. The molecule has 1 aliphatic carbocycles. The minimum absolute atomic E-state index is 0.589. The fourth-order valence-electron chi connectivity index (χ4n) is 3.20. The highest BCUT2D eigenvalue weighted by atomic mass is 16.4. The van der Waals surface area contributed by atoms with E-state index in [1.165, 1.54) is 12.8 Å². The summed E-state index contributed by atoms with van der Waals surface area (Å²) >= 11 is 0. The molecule has 1 saturated carbocycles. The SMILES string of the molecule is c1ccc2oc(N3CCN(c4ccnc(C5CC5)n4)CC3)nc2c1. The van der Waals surface area contributed by atoms with Gasteiger partial charge in [0.1, 0.15) is 17.2 Å². The van der Waals surface area contributed by atoms with E-state index in [1.54, 1.807) is 0 Å². The lowest BCUT2D eigenvalue weighted by Gasteiger charge is -2.34. The Kier molecular flexibility index (Phi) is 3.14. The van der Waals surface area contributed by atoms with Gasteiger partial charge in [0.2, 0.25) is 0 Å². The molecule has 2 aromatic heterocycles. The Morgan fingerprint density at radius 1 is 0.917 bits per heavy atom. The van der Waals surface area contributed by atoms with Crippen LogP contribution in [-0.4, -0.2) is 41.1 Å². The first kappa shape index (κ1) is 13.8. The molecule has 0 atom stereocenters. The third-order valence-corrected chi connectivity index (χ3v) is 4.76. The molecule has 2 fully saturated rings. The Morgan fingerprint density at radius 3 is 2.50 bits per heavy atom. The summed E-state index contributed by atoms with van der Waals surface area (Å²) in [5.41, 5.74) is 1.76. The number of nitrogens with zero attached hydrogens (tertiary/aromatic N) is 5. The Labute approximate surface area is 140 Å². The minimum Gasteiger partial charge on any atom is -0.423 e. The normalized spacial score (nSPS) is 18.3. The first-order valence-corrected chi connectivity index (χ1v) is 8.55. The maximum atomic E-state index is 5.88. The highest BCUT2D eigenvalue weighted by Crippen LogP contribution is 2.38. The van der Waals surface area contributed by atoms with Crippen LogP contribution in [0, 0.1) is 0 Å². The number of fused-ring (bicyclic) bond motifs is 1. The van der Waals surface area contributed by atoms with Crippen molar-refractivity contribution in [1.82, 2.24) is 15.0 Å². The summed E-state index contributed by atoms with van der Waals surface area (Å²) in [5.74, 6) is 2.64. The second-order valence-corrected chi connectivity index (χ2v) is 6.49. The topological polar surface area (TPSA) is 58.3 Å². The molecule has 5 rings (SSSR count). The maximum absolute atomic E-state index is 5.88. The average molecular weight is 321 g/mol. The maximum Gasteiger partial charge on any atom is 0.298 e. The monoisotopic (exact) mass is 321 g/mol. The van der Waals surface area contributed by atoms with Crippen molar-refractivity contribution in [2.75, 3.05) is 36.0 Å². The van der Waals surface area contributed by atoms with Crippen molar-refractivity contribution in [2.45, 2.75) is 18.8 Å². The third kappa shape index (κ3) is 2.48. The minimum atomic E-state index is 0.589. The van der Waals surface area contributed by atoms with Crippen LogP contribution in [-0.2, 0) is 0 Å². The van der Waals surface area contributed by atoms with Gasteiger partial charge in [-0.25, -0.2) is 9.97 Å². The molecule has 3 aromatic rings. The second kappa shape index (κ2) is 5.47. The van der Waals surface area contributed by atoms with Crippen LogP contribution in [0.15, 0.2) is 40.9 Å². The zero-order valence-electron chi connectivity index (χ0n) is 13.4. The highest BCUT2D eigenvalue weighted by molar-refractivity contribution is 5.74. The number of piperazine rings is 1. The largest absolute Gasteiger partial charge is 0.423 e. The molecule has 1 aromatic carbocycles. The first-order chi connectivity index (χ1) is 11.9. The van der Waals surface area contributed by atoms with Crippen molar-refractivity contribution in [1.29, 1.82) is 0 Å². The van der Waals surface area contributed by atoms with E-state index in [1.807, 2.05) is 36.5 Å². The molecular weight excluding hydrogens is 302 g/mol. The van der Waals surface area contributed by atoms with Gasteiger partial charge in [-0.1, -0.05) is 12.1 Å². The van der Waals surface area contributed by atoms with Gasteiger partial charge in [0, 0.05) is 38.3 Å². The van der Waals surface area contributed by atoms with E-state index in [-0.39, 0.29) is 0 Å². The van der Waals surface area contributed by atoms with Gasteiger partial charge in [0.05, 0.1) is 0 Å². The first-order valence-electron chi connectivity index (χ1n) is 8.55. The third-order valence-electron chi connectivity index (χ3n) is 4.76. The summed E-state index contributed by atoms with van der Waals surface area (Å²) < 4.78 is 5.88. The van der Waals surface area contributed by atoms with Crippen LogP contribution in [0.5, 0.6) is 0 Å². The summed E-state index contributed by atoms with van der Waals surface area (Å²) in [6.45, 7) is 3.60. The van der Waals surface area contributed by atoms with Gasteiger partial charge in [0.15, 0.2) is 5.58 Å². The number of anilines is 2. The molecule has 1 saturated heterocycles. The van der Waals surface area contributed by atoms with Gasteiger partial charge in [-0.15, -0.1) is 0 Å². The van der Waals surface area contributed by atoms with Crippen molar-refractivity contribution in [3.63, 3.8) is 0 Å². The lowest BCUT2D eigenvalue weighted by molar-refractivity contribution is 0.540. The van der Waals surface area contributed by atoms with Gasteiger partial charge in [-0.3, -0.25) is 0 Å². The smallest absolute Gasteiger partial charge is 0.298 e. The molecule has 1 aliphatic heterocycles. The van der Waals surface area contributed by atoms with E-state index in [4.69, 9.17) is 9.40 Å². The molecule has 6 heteroatoms. The standard InChI is InChI=1S/C18H19N5O/c1-2-4-15-14(3-1)20-18(24-15)23-11-9-22(10-12-23)16-7-8-19-17(21-16)13-5-6-13/h1-4,7-8,13H,5-6,9-12H2. The molecule has 0 N–H and O–H groups in total. The van der Waals surface area contributed by atoms with Crippen LogP contribution in [0.3, 0.4) is 0 Å². The summed E-state index contributed by atoms with van der Waals surface area (Å²) in [5, 5.41) is 0. The number of aromatic nitrogens is 3. The van der Waals surface area contributed by atoms with E-state index in [9.17, 15) is 0 Å². The molecule has 0 amide bonds. The van der Waals surface area contributed by atoms with Crippen molar-refractivity contribution < 1.29 is 4.42 Å². The molecular formula is C18H19N5O. The Morgan fingerprint density at radius 2 is 1.71 bits per heavy atom. The van der Waals surface area contributed by atoms with Crippen molar-refractivity contribution in [3.8, 4) is 0 Å². The zero-order chi connectivity index (χ0) is 15.9. The summed E-state index contributed by atoms with van der Waals surface area (Å²) in [7, 11) is 0. The number of rotatable bonds is 3. The summed E-state index contributed by atoms with van der Waals surface area (Å²) in [6, 6.07) is 10.6. The molecule has 0 radical (unpaired) electrons. The zero-order valence-corrected chi connectivity index (χ0v) is 13.4. The van der Waals surface area contributed by atoms with Crippen molar-refractivity contribution in [3.05, 3.63) is 42.4 Å². The van der Waals surface area contributed by atoms with Gasteiger partial charge in [-0.2, -0.15) is 4.98 Å². The van der Waals surface area contributed by atoms with E-state index in [0.29, 0.717) is 5.92 Å². The van der Waals surface area contributed by atoms with E-state index in [2.05, 4.69) is 19.8 Å². The number of hydrogen-bond acceptors (Lipinski definition) is 6. The second-order valence-electron chi connectivity index (χ2n) is 6.49. The summed E-state index contributed by atoms with van der Waals surface area (Å²) in [6.07, 6.45) is 4.35. The Bertz CT molecular complexity index is 831. The quantitative estimate of drug-likeness (QED) is 0.739. The number of para-hydroxylation sites is 2. The fourth-order valence-corrected chi connectivity index (χ4v) is 3.20. The predicted octanol–water partition coefficient (Wildman–Crippen LogP) is 2.82. The van der Waals surface area contributed by atoms with Crippen LogP contribution in [0.2, 0.25) is 0 Å². The van der Waals surface area contributed by atoms with Crippen molar-refractivity contribution in [2.24, 2.45) is 0 Å². The van der Waals surface area contributed by atoms with Crippen LogP contribution >= 0.6 is 0 Å². The van der Waals surface area contributed by atoms with Crippen LogP contribution in [0.4, 0.5) is 11.8 Å². The Hall–Kier alpha value is -2.63. The lowest BCUT2D eigenvalue weighted by Crippen LogP contribution is -2.47. The van der Waals surface area contributed by atoms with Gasteiger partial charge in [-0.05, 0) is 31.0 Å². The molecule has 122 valence electrons. The predicted molar refractivity (Wildman–Crippen MR) is 92.4 cm³/mol. The molecule has 2 aliphatic rings. The molecule has 0 bridgehead atoms. The molecule has 6 nitrogen and oxygen atoms in total. The summed E-state index contributed by atoms with van der Waals surface area (Å²) in [4.78, 5) is 18.3. The van der Waals surface area contributed by atoms with Gasteiger partial charge in [0.25, 0.3) is 6.01 Å². The van der Waals surface area contributed by atoms with Crippen molar-refractivity contribution >= 4 is 22.9 Å². The lowest BCUT2D eigenvalue weighted by atomic mass is 10.3. The molecule has 3 heterocycles. The number of oxazole rings is 1. The van der Waals surface area contributed by atoms with Crippen LogP contribution in [0.25, 0.3) is 11.1 Å². The molecule has 24 heavy (non-hydrogen) atoms. The van der Waals surface area contributed by atoms with Crippen LogP contribution in [0.1, 0.15) is 24.6 Å². The van der Waals surface area contributed by atoms with E-state index in [0.717, 1.165) is 54.9 Å². The fraction of sp³-hybridized carbons (Fsp3) is 0.389. The molecule has 0 spiro atoms. The molecule has 0 unspecified atom stereocenters. The van der Waals surface area contributed by atoms with Gasteiger partial charge < -0.3 is 14.2 Å².